The molecule has 5 rings (SSSR count). The lowest BCUT2D eigenvalue weighted by Gasteiger charge is -2.34. The number of benzene rings is 3. The average molecular weight is 574 g/mol. The molecule has 0 aliphatic carbocycles. The topological polar surface area (TPSA) is 141 Å². The number of likely N-dealkylation sites (N-methyl/N-ethyl adjacent to an activating group) is 1. The van der Waals surface area contributed by atoms with Gasteiger partial charge in [0.25, 0.3) is 0 Å². The number of aliphatic hydroxyl groups is 1. The lowest BCUT2D eigenvalue weighted by molar-refractivity contribution is -0.192. The molecule has 1 saturated heterocycles. The number of hydrogen-bond acceptors (Lipinski definition) is 8. The van der Waals surface area contributed by atoms with E-state index in [-0.39, 0.29) is 33.8 Å². The number of hydrogen-bond donors (Lipinski definition) is 4. The maximum atomic E-state index is 13.0. The highest BCUT2D eigenvalue weighted by Crippen LogP contribution is 2.43. The Labute approximate surface area is 231 Å². The van der Waals surface area contributed by atoms with Crippen LogP contribution in [0.2, 0.25) is 0 Å². The van der Waals surface area contributed by atoms with Crippen LogP contribution in [0.5, 0.6) is 23.0 Å². The van der Waals surface area contributed by atoms with Crippen molar-refractivity contribution in [3.63, 3.8) is 0 Å². The molecule has 0 bridgehead atoms. The van der Waals surface area contributed by atoms with E-state index in [0.29, 0.717) is 36.6 Å². The lowest BCUT2D eigenvalue weighted by Crippen LogP contribution is -2.40. The molecule has 1 aliphatic rings. The Morgan fingerprint density at radius 3 is 2.32 bits per heavy atom. The minimum absolute atomic E-state index is 0.0145. The van der Waals surface area contributed by atoms with E-state index in [1.54, 1.807) is 24.3 Å². The second kappa shape index (κ2) is 11.9. The van der Waals surface area contributed by atoms with Crippen molar-refractivity contribution in [3.05, 3.63) is 82.5 Å². The molecular formula is C29H26F3NO8. The van der Waals surface area contributed by atoms with Crippen LogP contribution in [-0.2, 0) is 4.79 Å². The van der Waals surface area contributed by atoms with Crippen LogP contribution in [0.15, 0.2) is 75.9 Å². The van der Waals surface area contributed by atoms with Crippen molar-refractivity contribution >= 4 is 16.9 Å². The summed E-state index contributed by atoms with van der Waals surface area (Å²) in [5.74, 6) is -2.26. The number of phenolic OH excluding ortho intramolecular Hbond substituents is 2. The number of β-amino-alcohol motifs (C(OH)–C–C–N with tert-alkyl or cyclic N) is 1. The second-order valence-electron chi connectivity index (χ2n) is 9.48. The van der Waals surface area contributed by atoms with E-state index in [9.17, 15) is 33.3 Å². The molecule has 0 unspecified atom stereocenters. The zero-order valence-corrected chi connectivity index (χ0v) is 21.6. The normalized spacial score (nSPS) is 17.5. The van der Waals surface area contributed by atoms with E-state index in [1.165, 1.54) is 12.1 Å². The maximum absolute atomic E-state index is 13.0. The number of carbonyl (C=O) groups is 1. The summed E-state index contributed by atoms with van der Waals surface area (Å²) >= 11 is 0. The van der Waals surface area contributed by atoms with Crippen molar-refractivity contribution in [2.45, 2.75) is 24.6 Å². The average Bonchev–Trinajstić information content (AvgIpc) is 2.90. The van der Waals surface area contributed by atoms with E-state index in [4.69, 9.17) is 19.1 Å². The summed E-state index contributed by atoms with van der Waals surface area (Å²) in [5, 5.41) is 39.3. The molecule has 0 spiro atoms. The van der Waals surface area contributed by atoms with Crippen molar-refractivity contribution in [2.24, 2.45) is 0 Å². The predicted molar refractivity (Wildman–Crippen MR) is 142 cm³/mol. The zero-order valence-electron chi connectivity index (χ0n) is 21.6. The largest absolute Gasteiger partial charge is 0.507 e. The van der Waals surface area contributed by atoms with Gasteiger partial charge in [0.15, 0.2) is 5.43 Å². The molecule has 3 aromatic carbocycles. The first-order valence-electron chi connectivity index (χ1n) is 12.4. The predicted octanol–water partition coefficient (Wildman–Crippen LogP) is 5.08. The smallest absolute Gasteiger partial charge is 0.490 e. The third kappa shape index (κ3) is 6.79. The van der Waals surface area contributed by atoms with Gasteiger partial charge in [0, 0.05) is 35.7 Å². The lowest BCUT2D eigenvalue weighted by atomic mass is 9.85. The number of para-hydroxylation sites is 1. The quantitative estimate of drug-likeness (QED) is 0.263. The van der Waals surface area contributed by atoms with Gasteiger partial charge in [-0.05, 0) is 44.3 Å². The number of fused-ring (bicyclic) bond motifs is 1. The molecule has 1 aromatic heterocycles. The fourth-order valence-corrected chi connectivity index (χ4v) is 4.58. The minimum Gasteiger partial charge on any atom is -0.507 e. The molecule has 4 N–H and O–H groups in total. The van der Waals surface area contributed by atoms with E-state index < -0.39 is 29.6 Å². The number of rotatable bonds is 4. The summed E-state index contributed by atoms with van der Waals surface area (Å²) in [6.45, 7) is 1.12. The van der Waals surface area contributed by atoms with Crippen LogP contribution in [0.1, 0.15) is 17.9 Å². The number of halogens is 3. The van der Waals surface area contributed by atoms with Crippen LogP contribution in [0.3, 0.4) is 0 Å². The summed E-state index contributed by atoms with van der Waals surface area (Å²) in [4.78, 5) is 23.9. The van der Waals surface area contributed by atoms with Gasteiger partial charge in [-0.2, -0.15) is 13.2 Å². The number of alkyl halides is 3. The van der Waals surface area contributed by atoms with Crippen molar-refractivity contribution in [1.82, 2.24) is 4.90 Å². The summed E-state index contributed by atoms with van der Waals surface area (Å²) in [6, 6.07) is 19.1. The van der Waals surface area contributed by atoms with Gasteiger partial charge in [0.1, 0.15) is 39.7 Å². The molecule has 216 valence electrons. The van der Waals surface area contributed by atoms with Crippen LogP contribution in [0, 0.1) is 0 Å². The number of carboxylic acids is 1. The number of ether oxygens (including phenoxy) is 1. The molecule has 0 radical (unpaired) electrons. The van der Waals surface area contributed by atoms with E-state index in [0.717, 1.165) is 0 Å². The van der Waals surface area contributed by atoms with E-state index in [1.807, 2.05) is 42.3 Å². The highest BCUT2D eigenvalue weighted by Gasteiger charge is 2.38. The van der Waals surface area contributed by atoms with Crippen molar-refractivity contribution in [2.75, 3.05) is 20.1 Å². The van der Waals surface area contributed by atoms with Gasteiger partial charge >= 0.3 is 12.1 Å². The number of aliphatic carboxylic acids is 1. The Kier molecular flexibility index (Phi) is 8.55. The van der Waals surface area contributed by atoms with Crippen LogP contribution in [-0.4, -0.2) is 63.7 Å². The van der Waals surface area contributed by atoms with Gasteiger partial charge in [0.05, 0.1) is 6.10 Å². The molecule has 2 atom stereocenters. The first-order valence-corrected chi connectivity index (χ1v) is 12.4. The van der Waals surface area contributed by atoms with Crippen LogP contribution >= 0.6 is 0 Å². The number of nitrogens with zero attached hydrogens (tertiary/aromatic N) is 1. The molecule has 4 aromatic rings. The third-order valence-corrected chi connectivity index (χ3v) is 6.51. The van der Waals surface area contributed by atoms with Crippen molar-refractivity contribution < 1.29 is 47.5 Å². The number of aromatic hydroxyl groups is 2. The fourth-order valence-electron chi connectivity index (χ4n) is 4.58. The molecule has 2 heterocycles. The number of likely N-dealkylation sites (tertiary alicyclic amines) is 1. The van der Waals surface area contributed by atoms with Gasteiger partial charge in [-0.25, -0.2) is 4.79 Å². The van der Waals surface area contributed by atoms with Gasteiger partial charge < -0.3 is 34.5 Å². The highest BCUT2D eigenvalue weighted by molar-refractivity contribution is 5.88. The van der Waals surface area contributed by atoms with Crippen LogP contribution in [0.25, 0.3) is 22.3 Å². The Hall–Kier alpha value is -4.55. The van der Waals surface area contributed by atoms with Gasteiger partial charge in [-0.3, -0.25) is 4.79 Å². The van der Waals surface area contributed by atoms with E-state index in [2.05, 4.69) is 0 Å². The first kappa shape index (κ1) is 29.4. The third-order valence-electron chi connectivity index (χ3n) is 6.51. The second-order valence-corrected chi connectivity index (χ2v) is 9.48. The Morgan fingerprint density at radius 2 is 1.68 bits per heavy atom. The molecule has 0 saturated carbocycles. The molecule has 12 heteroatoms. The molecule has 41 heavy (non-hydrogen) atoms. The molecule has 1 fully saturated rings. The zero-order chi connectivity index (χ0) is 29.9. The summed E-state index contributed by atoms with van der Waals surface area (Å²) in [7, 11) is 1.90. The SMILES string of the molecule is CN1CC[C@H](c2c(O)cc3oc(-c4cccc(Oc5ccccc5)c4)cc(=O)c3c2O)[C@H](O)C1.O=C(O)C(F)(F)F. The van der Waals surface area contributed by atoms with Crippen molar-refractivity contribution in [3.8, 4) is 34.3 Å². The van der Waals surface area contributed by atoms with Crippen molar-refractivity contribution in [1.29, 1.82) is 0 Å². The van der Waals surface area contributed by atoms with E-state index >= 15 is 0 Å². The van der Waals surface area contributed by atoms with Gasteiger partial charge in [-0.15, -0.1) is 0 Å². The monoisotopic (exact) mass is 573 g/mol. The number of carboxylic acid groups (broad SMARTS) is 1. The highest BCUT2D eigenvalue weighted by atomic mass is 19.4. The Bertz CT molecular complexity index is 1600. The molecule has 9 nitrogen and oxygen atoms in total. The number of phenols is 2. The summed E-state index contributed by atoms with van der Waals surface area (Å²) < 4.78 is 43.5. The molecule has 1 aliphatic heterocycles. The first-order chi connectivity index (χ1) is 19.3. The Morgan fingerprint density at radius 1 is 1.02 bits per heavy atom. The Balaban J connectivity index is 0.000000493. The maximum Gasteiger partial charge on any atom is 0.490 e. The molecular weight excluding hydrogens is 547 g/mol. The molecule has 0 amide bonds. The summed E-state index contributed by atoms with van der Waals surface area (Å²) in [5.41, 5.74) is 0.428. The van der Waals surface area contributed by atoms with Gasteiger partial charge in [0.2, 0.25) is 0 Å². The van der Waals surface area contributed by atoms with Crippen LogP contribution in [0.4, 0.5) is 13.2 Å². The fraction of sp³-hybridized carbons (Fsp3) is 0.241. The standard InChI is InChI=1S/C27H25NO6.C2HF3O2/c1-28-11-10-19(22(31)15-28)25-20(29)14-24-26(27(25)32)21(30)13-23(34-24)16-6-5-9-18(12-16)33-17-7-3-2-4-8-17;3-2(4,5)1(6)7/h2-9,12-14,19,22,29,31-32H,10-11,15H2,1H3;(H,6,7)/t19-,22+;/m0./s1. The van der Waals surface area contributed by atoms with Crippen LogP contribution < -0.4 is 10.2 Å². The van der Waals surface area contributed by atoms with Gasteiger partial charge in [-0.1, -0.05) is 30.3 Å². The minimum atomic E-state index is -5.08. The number of piperidine rings is 1. The number of aliphatic hydroxyl groups excluding tert-OH is 1. The summed E-state index contributed by atoms with van der Waals surface area (Å²) in [6.07, 6.45) is -5.31.